The van der Waals surface area contributed by atoms with Crippen molar-refractivity contribution in [2.75, 3.05) is 5.73 Å². The molecule has 0 bridgehead atoms. The Bertz CT molecular complexity index is 721. The van der Waals surface area contributed by atoms with E-state index in [2.05, 4.69) is 24.7 Å². The largest absolute Gasteiger partial charge is 0.382 e. The van der Waals surface area contributed by atoms with Crippen LogP contribution in [0.1, 0.15) is 18.9 Å². The zero-order valence-corrected chi connectivity index (χ0v) is 9.67. The zero-order valence-electron chi connectivity index (χ0n) is 9.67. The number of anilines is 1. The van der Waals surface area contributed by atoms with Crippen LogP contribution < -0.4 is 5.73 Å². The number of hydrogen-bond acceptors (Lipinski definition) is 4. The van der Waals surface area contributed by atoms with Gasteiger partial charge in [-0.15, -0.1) is 0 Å². The fraction of sp³-hybridized carbons (Fsp3) is 0.250. The van der Waals surface area contributed by atoms with E-state index in [1.807, 2.05) is 12.1 Å². The number of aromatic nitrogens is 5. The van der Waals surface area contributed by atoms with Gasteiger partial charge >= 0.3 is 0 Å². The molecular weight excluding hydrogens is 228 g/mol. The van der Waals surface area contributed by atoms with Crippen LogP contribution in [0.2, 0.25) is 0 Å². The fourth-order valence-electron chi connectivity index (χ4n) is 2.25. The number of imidazole rings is 1. The average Bonchev–Trinajstić information content (AvgIpc) is 3.00. The summed E-state index contributed by atoms with van der Waals surface area (Å²) >= 11 is 0. The fourth-order valence-corrected chi connectivity index (χ4v) is 2.25. The Balaban J connectivity index is 2.01. The van der Waals surface area contributed by atoms with E-state index in [-0.39, 0.29) is 0 Å². The highest BCUT2D eigenvalue weighted by Gasteiger charge is 2.29. The van der Waals surface area contributed by atoms with Gasteiger partial charge in [0.05, 0.1) is 0 Å². The summed E-state index contributed by atoms with van der Waals surface area (Å²) in [6, 6.07) is 6.19. The van der Waals surface area contributed by atoms with Gasteiger partial charge in [-0.1, -0.05) is 0 Å². The number of nitrogens with two attached hydrogens (primary N) is 1. The van der Waals surface area contributed by atoms with Gasteiger partial charge in [0.15, 0.2) is 11.5 Å². The number of fused-ring (bicyclic) bond motifs is 1. The highest BCUT2D eigenvalue weighted by atomic mass is 15.2. The van der Waals surface area contributed by atoms with Crippen LogP contribution in [0.3, 0.4) is 0 Å². The first-order chi connectivity index (χ1) is 8.83. The Hall–Kier alpha value is -2.37. The Morgan fingerprint density at radius 3 is 3.00 bits per heavy atom. The van der Waals surface area contributed by atoms with Gasteiger partial charge in [-0.3, -0.25) is 5.10 Å². The molecule has 0 saturated heterocycles. The number of aromatic amines is 1. The predicted octanol–water partition coefficient (Wildman–Crippen LogP) is 1.74. The Morgan fingerprint density at radius 2 is 2.28 bits per heavy atom. The minimum atomic E-state index is 0.479. The van der Waals surface area contributed by atoms with Gasteiger partial charge in [-0.05, 0) is 25.0 Å². The molecule has 0 radical (unpaired) electrons. The molecule has 90 valence electrons. The molecule has 0 spiro atoms. The van der Waals surface area contributed by atoms with E-state index >= 15 is 0 Å². The lowest BCUT2D eigenvalue weighted by Crippen LogP contribution is -1.98. The maximum absolute atomic E-state index is 5.66. The minimum absolute atomic E-state index is 0.479. The van der Waals surface area contributed by atoms with Crippen molar-refractivity contribution in [2.24, 2.45) is 0 Å². The van der Waals surface area contributed by atoms with Crippen LogP contribution in [0.25, 0.3) is 22.7 Å². The van der Waals surface area contributed by atoms with Crippen molar-refractivity contribution in [3.05, 3.63) is 24.4 Å². The van der Waals surface area contributed by atoms with Crippen LogP contribution in [-0.4, -0.2) is 24.7 Å². The van der Waals surface area contributed by atoms with Gasteiger partial charge in [-0.2, -0.15) is 5.10 Å². The van der Waals surface area contributed by atoms with Crippen LogP contribution in [0.4, 0.5) is 5.82 Å². The highest BCUT2D eigenvalue weighted by molar-refractivity contribution is 5.77. The van der Waals surface area contributed by atoms with Gasteiger partial charge in [0.1, 0.15) is 17.0 Å². The molecule has 3 N–H and O–H groups in total. The van der Waals surface area contributed by atoms with Crippen molar-refractivity contribution in [3.8, 4) is 11.5 Å². The van der Waals surface area contributed by atoms with Crippen molar-refractivity contribution in [2.45, 2.75) is 18.9 Å². The van der Waals surface area contributed by atoms with E-state index in [1.54, 1.807) is 12.3 Å². The number of nitrogens with zero attached hydrogens (tertiary/aromatic N) is 4. The number of nitrogens with one attached hydrogen (secondary N) is 1. The first-order valence-electron chi connectivity index (χ1n) is 5.97. The molecule has 1 saturated carbocycles. The second-order valence-corrected chi connectivity index (χ2v) is 4.59. The third kappa shape index (κ3) is 1.32. The number of H-pyrrole nitrogens is 1. The summed E-state index contributed by atoms with van der Waals surface area (Å²) in [4.78, 5) is 9.06. The molecule has 3 heterocycles. The molecular formula is C12H12N6. The topological polar surface area (TPSA) is 85.4 Å². The smallest absolute Gasteiger partial charge is 0.160 e. The normalized spacial score (nSPS) is 15.3. The SMILES string of the molecule is Nc1cc(-c2nc3cccnc3n2C2CC2)[nH]n1. The molecule has 6 heteroatoms. The lowest BCUT2D eigenvalue weighted by Gasteiger charge is -2.04. The molecule has 0 amide bonds. The molecule has 6 nitrogen and oxygen atoms in total. The number of nitrogen functional groups attached to an aromatic ring is 1. The highest BCUT2D eigenvalue weighted by Crippen LogP contribution is 2.40. The molecule has 3 aromatic heterocycles. The first-order valence-corrected chi connectivity index (χ1v) is 5.97. The molecule has 0 aromatic carbocycles. The van der Waals surface area contributed by atoms with Crippen molar-refractivity contribution < 1.29 is 0 Å². The molecule has 1 aliphatic rings. The summed E-state index contributed by atoms with van der Waals surface area (Å²) in [5.74, 6) is 1.35. The van der Waals surface area contributed by atoms with Gasteiger partial charge < -0.3 is 10.3 Å². The van der Waals surface area contributed by atoms with Crippen molar-refractivity contribution in [3.63, 3.8) is 0 Å². The zero-order chi connectivity index (χ0) is 12.1. The van der Waals surface area contributed by atoms with Gasteiger partial charge in [0.25, 0.3) is 0 Å². The van der Waals surface area contributed by atoms with Gasteiger partial charge in [0, 0.05) is 18.3 Å². The summed E-state index contributed by atoms with van der Waals surface area (Å²) in [5, 5.41) is 6.88. The molecule has 3 aromatic rings. The standard InChI is InChI=1S/C12H12N6/c13-10-6-9(16-17-10)12-15-8-2-1-5-14-11(8)18(12)7-3-4-7/h1-2,5-7H,3-4H2,(H3,13,16,17). The summed E-state index contributed by atoms with van der Waals surface area (Å²) in [6.45, 7) is 0. The lowest BCUT2D eigenvalue weighted by atomic mass is 10.4. The number of rotatable bonds is 2. The Morgan fingerprint density at radius 1 is 1.39 bits per heavy atom. The molecule has 0 atom stereocenters. The van der Waals surface area contributed by atoms with Crippen LogP contribution in [0.5, 0.6) is 0 Å². The Labute approximate surface area is 103 Å². The molecule has 4 rings (SSSR count). The molecule has 1 fully saturated rings. The van der Waals surface area contributed by atoms with E-state index in [1.165, 1.54) is 12.8 Å². The van der Waals surface area contributed by atoms with Gasteiger partial charge in [0.2, 0.25) is 0 Å². The molecule has 0 unspecified atom stereocenters. The van der Waals surface area contributed by atoms with Crippen molar-refractivity contribution in [1.82, 2.24) is 24.7 Å². The maximum Gasteiger partial charge on any atom is 0.160 e. The summed E-state index contributed by atoms with van der Waals surface area (Å²) < 4.78 is 2.18. The van der Waals surface area contributed by atoms with Crippen molar-refractivity contribution >= 4 is 17.0 Å². The maximum atomic E-state index is 5.66. The Kier molecular flexibility index (Phi) is 1.78. The second-order valence-electron chi connectivity index (χ2n) is 4.59. The third-order valence-electron chi connectivity index (χ3n) is 3.20. The molecule has 0 aliphatic heterocycles. The average molecular weight is 240 g/mol. The van der Waals surface area contributed by atoms with Gasteiger partial charge in [-0.25, -0.2) is 9.97 Å². The minimum Gasteiger partial charge on any atom is -0.382 e. The first kappa shape index (κ1) is 9.64. The quantitative estimate of drug-likeness (QED) is 0.714. The van der Waals surface area contributed by atoms with E-state index in [4.69, 9.17) is 5.73 Å². The van der Waals surface area contributed by atoms with E-state index in [0.29, 0.717) is 11.9 Å². The summed E-state index contributed by atoms with van der Waals surface area (Å²) in [6.07, 6.45) is 4.16. The van der Waals surface area contributed by atoms with Crippen LogP contribution >= 0.6 is 0 Å². The van der Waals surface area contributed by atoms with Crippen LogP contribution in [0, 0.1) is 0 Å². The third-order valence-corrected chi connectivity index (χ3v) is 3.20. The summed E-state index contributed by atoms with van der Waals surface area (Å²) in [7, 11) is 0. The van der Waals surface area contributed by atoms with E-state index in [0.717, 1.165) is 22.7 Å². The molecule has 1 aliphatic carbocycles. The monoisotopic (exact) mass is 240 g/mol. The van der Waals surface area contributed by atoms with Crippen molar-refractivity contribution in [1.29, 1.82) is 0 Å². The van der Waals surface area contributed by atoms with Crippen LogP contribution in [-0.2, 0) is 0 Å². The van der Waals surface area contributed by atoms with E-state index < -0.39 is 0 Å². The number of pyridine rings is 1. The second kappa shape index (κ2) is 3.32. The van der Waals surface area contributed by atoms with Crippen LogP contribution in [0.15, 0.2) is 24.4 Å². The lowest BCUT2D eigenvalue weighted by molar-refractivity contribution is 0.763. The summed E-state index contributed by atoms with van der Waals surface area (Å²) in [5.41, 5.74) is 8.35. The predicted molar refractivity (Wildman–Crippen MR) is 67.8 cm³/mol. The molecule has 18 heavy (non-hydrogen) atoms. The van der Waals surface area contributed by atoms with E-state index in [9.17, 15) is 0 Å². The number of hydrogen-bond donors (Lipinski definition) is 2.